The van der Waals surface area contributed by atoms with Crippen molar-refractivity contribution in [3.63, 3.8) is 0 Å². The Morgan fingerprint density at radius 1 is 0.974 bits per heavy atom. The van der Waals surface area contributed by atoms with Gasteiger partial charge in [0.2, 0.25) is 0 Å². The van der Waals surface area contributed by atoms with E-state index in [1.54, 1.807) is 24.3 Å². The van der Waals surface area contributed by atoms with Crippen molar-refractivity contribution in [3.05, 3.63) is 87.4 Å². The van der Waals surface area contributed by atoms with E-state index in [2.05, 4.69) is 10.6 Å². The lowest BCUT2D eigenvalue weighted by Gasteiger charge is -2.44. The van der Waals surface area contributed by atoms with Crippen LogP contribution >= 0.6 is 23.2 Å². The van der Waals surface area contributed by atoms with Crippen LogP contribution in [0.4, 0.5) is 20.2 Å². The van der Waals surface area contributed by atoms with Gasteiger partial charge in [-0.1, -0.05) is 54.6 Å². The minimum absolute atomic E-state index is 0.168. The molecule has 0 saturated heterocycles. The van der Waals surface area contributed by atoms with Gasteiger partial charge >= 0.3 is 5.97 Å². The largest absolute Gasteiger partial charge is 0.492 e. The zero-order valence-electron chi connectivity index (χ0n) is 20.8. The second kappa shape index (κ2) is 11.0. The Morgan fingerprint density at radius 2 is 1.61 bits per heavy atom. The number of methoxy groups -OCH3 is 1. The fraction of sp³-hybridized carbons (Fsp3) is 0.345. The second-order valence-corrected chi connectivity index (χ2v) is 10.7. The Balaban J connectivity index is 1.54. The number of ether oxygens (including phenoxy) is 2. The van der Waals surface area contributed by atoms with E-state index in [9.17, 15) is 13.6 Å². The number of halogens is 4. The van der Waals surface area contributed by atoms with Crippen molar-refractivity contribution >= 4 is 40.5 Å². The highest BCUT2D eigenvalue weighted by atomic mass is 35.5. The zero-order valence-corrected chi connectivity index (χ0v) is 22.3. The van der Waals surface area contributed by atoms with E-state index in [0.29, 0.717) is 27.7 Å². The third-order valence-corrected chi connectivity index (χ3v) is 8.12. The summed E-state index contributed by atoms with van der Waals surface area (Å²) in [6.45, 7) is 0.254. The van der Waals surface area contributed by atoms with Gasteiger partial charge in [0.1, 0.15) is 11.4 Å². The molecule has 0 spiro atoms. The van der Waals surface area contributed by atoms with Crippen LogP contribution < -0.4 is 15.4 Å². The molecule has 3 aromatic carbocycles. The second-order valence-electron chi connectivity index (χ2n) is 9.83. The lowest BCUT2D eigenvalue weighted by molar-refractivity contribution is 0.0600. The summed E-state index contributed by atoms with van der Waals surface area (Å²) in [5.41, 5.74) is 1.21. The van der Waals surface area contributed by atoms with Crippen LogP contribution in [-0.4, -0.2) is 19.7 Å². The molecule has 1 aliphatic carbocycles. The number of carbonyl (C=O) groups is 1. The maximum absolute atomic E-state index is 14.2. The number of fused-ring (bicyclic) bond motifs is 1. The summed E-state index contributed by atoms with van der Waals surface area (Å²) in [4.78, 5) is 11.9. The Bertz CT molecular complexity index is 1300. The van der Waals surface area contributed by atoms with Gasteiger partial charge in [-0.3, -0.25) is 0 Å². The Morgan fingerprint density at radius 3 is 2.18 bits per heavy atom. The van der Waals surface area contributed by atoms with Crippen LogP contribution in [-0.2, 0) is 10.4 Å². The average molecular weight is 561 g/mol. The van der Waals surface area contributed by atoms with Crippen LogP contribution in [0, 0.1) is 23.5 Å². The van der Waals surface area contributed by atoms with Gasteiger partial charge in [0.05, 0.1) is 35.7 Å². The molecule has 2 aliphatic rings. The van der Waals surface area contributed by atoms with Gasteiger partial charge in [-0.15, -0.1) is 0 Å². The van der Waals surface area contributed by atoms with Gasteiger partial charge < -0.3 is 20.1 Å². The molecule has 0 amide bonds. The highest BCUT2D eigenvalue weighted by Gasteiger charge is 2.49. The van der Waals surface area contributed by atoms with Gasteiger partial charge in [-0.05, 0) is 54.7 Å². The normalized spacial score (nSPS) is 17.2. The third kappa shape index (κ3) is 5.14. The van der Waals surface area contributed by atoms with Crippen molar-refractivity contribution in [2.45, 2.75) is 37.8 Å². The molecule has 1 heterocycles. The molecule has 1 fully saturated rings. The fourth-order valence-corrected chi connectivity index (χ4v) is 6.02. The van der Waals surface area contributed by atoms with Gasteiger partial charge in [-0.25, -0.2) is 13.6 Å². The maximum Gasteiger partial charge on any atom is 0.337 e. The van der Waals surface area contributed by atoms with Gasteiger partial charge in [0.15, 0.2) is 11.6 Å². The van der Waals surface area contributed by atoms with Crippen LogP contribution in [0.25, 0.3) is 0 Å². The molecule has 0 aromatic heterocycles. The first-order valence-corrected chi connectivity index (χ1v) is 13.4. The summed E-state index contributed by atoms with van der Waals surface area (Å²) in [5, 5.41) is 7.86. The molecule has 9 heteroatoms. The summed E-state index contributed by atoms with van der Waals surface area (Å²) in [5.74, 6) is -1.83. The van der Waals surface area contributed by atoms with Crippen LogP contribution in [0.5, 0.6) is 5.75 Å². The Labute approximate surface area is 230 Å². The highest BCUT2D eigenvalue weighted by molar-refractivity contribution is 6.32. The van der Waals surface area contributed by atoms with Crippen molar-refractivity contribution in [1.29, 1.82) is 0 Å². The number of hydrogen-bond acceptors (Lipinski definition) is 5. The molecular formula is C29H28Cl2F2N2O3. The van der Waals surface area contributed by atoms with Crippen molar-refractivity contribution in [2.75, 3.05) is 24.4 Å². The summed E-state index contributed by atoms with van der Waals surface area (Å²) in [7, 11) is 1.31. The van der Waals surface area contributed by atoms with Crippen LogP contribution in [0.3, 0.4) is 0 Å². The minimum Gasteiger partial charge on any atom is -0.492 e. The maximum atomic E-state index is 14.2. The monoisotopic (exact) mass is 560 g/mol. The molecule has 1 saturated carbocycles. The minimum atomic E-state index is -0.923. The fourth-order valence-electron chi connectivity index (χ4n) is 5.66. The van der Waals surface area contributed by atoms with Gasteiger partial charge in [0, 0.05) is 23.1 Å². The van der Waals surface area contributed by atoms with E-state index in [1.165, 1.54) is 25.3 Å². The predicted molar refractivity (Wildman–Crippen MR) is 145 cm³/mol. The van der Waals surface area contributed by atoms with E-state index in [0.717, 1.165) is 37.7 Å². The number of esters is 1. The first kappa shape index (κ1) is 26.6. The van der Waals surface area contributed by atoms with Crippen molar-refractivity contribution < 1.29 is 23.0 Å². The van der Waals surface area contributed by atoms with Crippen molar-refractivity contribution in [2.24, 2.45) is 11.8 Å². The molecule has 5 nitrogen and oxygen atoms in total. The smallest absolute Gasteiger partial charge is 0.337 e. The van der Waals surface area contributed by atoms with Gasteiger partial charge in [-0.2, -0.15) is 0 Å². The average Bonchev–Trinajstić information content (AvgIpc) is 3.29. The number of nitrogens with one attached hydrogen (secondary N) is 2. The summed E-state index contributed by atoms with van der Waals surface area (Å²) >= 11 is 12.7. The molecule has 0 radical (unpaired) electrons. The number of anilines is 2. The molecule has 5 rings (SSSR count). The van der Waals surface area contributed by atoms with E-state index in [-0.39, 0.29) is 23.5 Å². The van der Waals surface area contributed by atoms with E-state index < -0.39 is 23.3 Å². The lowest BCUT2D eigenvalue weighted by atomic mass is 9.72. The van der Waals surface area contributed by atoms with Gasteiger partial charge in [0.25, 0.3) is 0 Å². The first-order valence-electron chi connectivity index (χ1n) is 12.6. The van der Waals surface area contributed by atoms with Crippen molar-refractivity contribution in [1.82, 2.24) is 0 Å². The third-order valence-electron chi connectivity index (χ3n) is 7.57. The molecular weight excluding hydrogens is 533 g/mol. The van der Waals surface area contributed by atoms with E-state index in [1.807, 2.05) is 12.1 Å². The molecule has 200 valence electrons. The molecule has 0 bridgehead atoms. The molecule has 3 aromatic rings. The van der Waals surface area contributed by atoms with Crippen LogP contribution in [0.1, 0.15) is 48.0 Å². The molecule has 2 N–H and O–H groups in total. The van der Waals surface area contributed by atoms with Crippen molar-refractivity contribution in [3.8, 4) is 5.75 Å². The summed E-state index contributed by atoms with van der Waals surface area (Å²) < 4.78 is 39.6. The van der Waals surface area contributed by atoms with Crippen LogP contribution in [0.15, 0.2) is 54.6 Å². The number of hydrogen-bond donors (Lipinski definition) is 2. The van der Waals surface area contributed by atoms with E-state index >= 15 is 0 Å². The first-order chi connectivity index (χ1) is 18.3. The molecule has 1 unspecified atom stereocenters. The molecule has 38 heavy (non-hydrogen) atoms. The predicted octanol–water partition coefficient (Wildman–Crippen LogP) is 8.02. The number of carbonyl (C=O) groups excluding carboxylic acids is 1. The Hall–Kier alpha value is -3.03. The highest BCUT2D eigenvalue weighted by Crippen LogP contribution is 2.49. The van der Waals surface area contributed by atoms with Crippen LogP contribution in [0.2, 0.25) is 10.0 Å². The Kier molecular flexibility index (Phi) is 7.68. The zero-order chi connectivity index (χ0) is 26.9. The van der Waals surface area contributed by atoms with E-state index in [4.69, 9.17) is 32.7 Å². The standard InChI is InChI=1S/C29H28Cl2F2N2O3/c1-37-28(36)18-7-12-27(22(31)13-18)38-16-21(17-5-3-2-4-6-17)29(19-8-10-20(30)11-9-19)34-25-14-23(32)24(33)15-26(25)35-29/h7-15,17,21,34-35H,2-6,16H2,1H3. The SMILES string of the molecule is COC(=O)c1ccc(OCC(C2CCCCC2)C2(c3ccc(Cl)cc3)Nc3cc(F)c(F)cc3N2)c(Cl)c1. The summed E-state index contributed by atoms with van der Waals surface area (Å²) in [6.07, 6.45) is 5.31. The quantitative estimate of drug-likeness (QED) is 0.286. The molecule has 1 atom stereocenters. The molecule has 1 aliphatic heterocycles. The lowest BCUT2D eigenvalue weighted by Crippen LogP contribution is -2.51. The topological polar surface area (TPSA) is 59.6 Å². The number of rotatable bonds is 7. The number of benzene rings is 3. The summed E-state index contributed by atoms with van der Waals surface area (Å²) in [6, 6.07) is 14.5.